The molecule has 1 aliphatic carbocycles. The van der Waals surface area contributed by atoms with Gasteiger partial charge in [0.05, 0.1) is 36.4 Å². The van der Waals surface area contributed by atoms with E-state index in [0.717, 1.165) is 36.8 Å². The summed E-state index contributed by atoms with van der Waals surface area (Å²) in [6, 6.07) is 19.1. The third-order valence-electron chi connectivity index (χ3n) is 10.0. The monoisotopic (exact) mass is 695 g/mol. The van der Waals surface area contributed by atoms with E-state index in [0.29, 0.717) is 60.8 Å². The molecule has 1 saturated carbocycles. The number of fused-ring (bicyclic) bond motifs is 1. The molecular formula is C40H46FN5O5. The SMILES string of the molecule is CCCCN(CCCC)C(=O)c1cc(C)n(-c2ccc(NC(=O)Cc3ccc(OC)c(F)c3)cc2C(=O)N2Cc3ccccc3CC23C[C@@H]3O)n1. The van der Waals surface area contributed by atoms with Gasteiger partial charge in [-0.25, -0.2) is 9.07 Å². The highest BCUT2D eigenvalue weighted by Gasteiger charge is 2.61. The number of hydrogen-bond donors (Lipinski definition) is 2. The zero-order chi connectivity index (χ0) is 36.3. The lowest BCUT2D eigenvalue weighted by molar-refractivity contribution is -0.115. The van der Waals surface area contributed by atoms with Crippen LogP contribution in [-0.4, -0.2) is 74.3 Å². The minimum Gasteiger partial charge on any atom is -0.494 e. The molecule has 1 unspecified atom stereocenters. The molecule has 0 radical (unpaired) electrons. The fraction of sp³-hybridized carbons (Fsp3) is 0.400. The summed E-state index contributed by atoms with van der Waals surface area (Å²) in [4.78, 5) is 45.2. The van der Waals surface area contributed by atoms with E-state index in [1.807, 2.05) is 36.1 Å². The van der Waals surface area contributed by atoms with Crippen molar-refractivity contribution >= 4 is 23.4 Å². The van der Waals surface area contributed by atoms with Crippen LogP contribution in [0.15, 0.2) is 66.7 Å². The molecule has 2 aliphatic rings. The average Bonchev–Trinajstić information content (AvgIpc) is 3.57. The van der Waals surface area contributed by atoms with E-state index in [-0.39, 0.29) is 29.5 Å². The van der Waals surface area contributed by atoms with Gasteiger partial charge < -0.3 is 25.0 Å². The number of anilines is 1. The van der Waals surface area contributed by atoms with Crippen LogP contribution < -0.4 is 10.1 Å². The van der Waals surface area contributed by atoms with Crippen LogP contribution in [0.4, 0.5) is 10.1 Å². The summed E-state index contributed by atoms with van der Waals surface area (Å²) in [6.07, 6.45) is 3.94. The summed E-state index contributed by atoms with van der Waals surface area (Å²) in [5, 5.41) is 18.5. The predicted octanol–water partition coefficient (Wildman–Crippen LogP) is 6.25. The Labute approximate surface area is 298 Å². The Morgan fingerprint density at radius 1 is 1.02 bits per heavy atom. The lowest BCUT2D eigenvalue weighted by atomic mass is 9.91. The molecule has 268 valence electrons. The molecule has 3 amide bonds. The Bertz CT molecular complexity index is 1930. The molecule has 10 nitrogen and oxygen atoms in total. The van der Waals surface area contributed by atoms with E-state index < -0.39 is 23.4 Å². The number of unbranched alkanes of at least 4 members (excludes halogenated alkanes) is 2. The highest BCUT2D eigenvalue weighted by Crippen LogP contribution is 2.49. The number of aliphatic hydroxyl groups is 1. The number of nitrogens with zero attached hydrogens (tertiary/aromatic N) is 4. The summed E-state index contributed by atoms with van der Waals surface area (Å²) in [6.45, 7) is 7.63. The van der Waals surface area contributed by atoms with Crippen LogP contribution in [0.25, 0.3) is 5.69 Å². The summed E-state index contributed by atoms with van der Waals surface area (Å²) in [5.41, 5.74) is 3.89. The second kappa shape index (κ2) is 15.1. The topological polar surface area (TPSA) is 117 Å². The number of nitrogens with one attached hydrogen (secondary N) is 1. The van der Waals surface area contributed by atoms with E-state index in [1.54, 1.807) is 39.9 Å². The molecule has 11 heteroatoms. The number of carbonyl (C=O) groups excluding carboxylic acids is 3. The molecule has 4 aromatic rings. The van der Waals surface area contributed by atoms with E-state index in [1.165, 1.54) is 19.2 Å². The van der Waals surface area contributed by atoms with Crippen molar-refractivity contribution in [2.24, 2.45) is 0 Å². The Hall–Kier alpha value is -5.03. The molecule has 2 atom stereocenters. The van der Waals surface area contributed by atoms with Crippen molar-refractivity contribution < 1.29 is 28.6 Å². The van der Waals surface area contributed by atoms with Gasteiger partial charge in [-0.15, -0.1) is 0 Å². The standard InChI is InChI=1S/C40H46FN5O5/c1-5-7-17-44(18-8-6-2)39(50)33-19-26(3)46(43-33)34-15-14-30(42-37(48)21-27-13-16-35(51-4)32(41)20-27)22-31(34)38(49)45-25-29-12-10-9-11-28(29)23-40(45)24-36(40)47/h9-16,19-20,22,36,47H,5-8,17-18,21,23-25H2,1-4H3,(H,42,48)/t36-,40?/m0/s1. The second-order valence-electron chi connectivity index (χ2n) is 13.7. The van der Waals surface area contributed by atoms with Gasteiger partial charge in [-0.05, 0) is 79.3 Å². The van der Waals surface area contributed by atoms with Gasteiger partial charge in [-0.1, -0.05) is 57.0 Å². The molecule has 2 N–H and O–H groups in total. The van der Waals surface area contributed by atoms with Crippen molar-refractivity contribution in [1.82, 2.24) is 19.6 Å². The number of aliphatic hydroxyl groups excluding tert-OH is 1. The molecular weight excluding hydrogens is 649 g/mol. The van der Waals surface area contributed by atoms with Crippen LogP contribution in [0.5, 0.6) is 5.75 Å². The number of aryl methyl sites for hydroxylation is 1. The lowest BCUT2D eigenvalue weighted by Crippen LogP contribution is -2.48. The Morgan fingerprint density at radius 3 is 2.37 bits per heavy atom. The van der Waals surface area contributed by atoms with Gasteiger partial charge in [0.1, 0.15) is 0 Å². The van der Waals surface area contributed by atoms with Crippen molar-refractivity contribution in [3.05, 3.63) is 106 Å². The first-order chi connectivity index (χ1) is 24.6. The van der Waals surface area contributed by atoms with Crippen molar-refractivity contribution in [2.75, 3.05) is 25.5 Å². The first-order valence-corrected chi connectivity index (χ1v) is 17.8. The second-order valence-corrected chi connectivity index (χ2v) is 13.7. The molecule has 0 saturated heterocycles. The summed E-state index contributed by atoms with van der Waals surface area (Å²) in [7, 11) is 1.38. The highest BCUT2D eigenvalue weighted by molar-refractivity contribution is 6.01. The van der Waals surface area contributed by atoms with Gasteiger partial charge in [0, 0.05) is 37.4 Å². The average molecular weight is 696 g/mol. The molecule has 3 aromatic carbocycles. The molecule has 51 heavy (non-hydrogen) atoms. The highest BCUT2D eigenvalue weighted by atomic mass is 19.1. The third-order valence-corrected chi connectivity index (χ3v) is 10.0. The number of ether oxygens (including phenoxy) is 1. The fourth-order valence-electron chi connectivity index (χ4n) is 6.99. The van der Waals surface area contributed by atoms with Gasteiger partial charge in [-0.3, -0.25) is 14.4 Å². The number of halogens is 1. The number of benzene rings is 3. The smallest absolute Gasteiger partial charge is 0.274 e. The zero-order valence-corrected chi connectivity index (χ0v) is 29.7. The molecule has 0 bridgehead atoms. The van der Waals surface area contributed by atoms with Crippen LogP contribution in [-0.2, 0) is 24.2 Å². The molecule has 1 spiro atoms. The van der Waals surface area contributed by atoms with Crippen LogP contribution in [0.1, 0.15) is 89.2 Å². The van der Waals surface area contributed by atoms with Gasteiger partial charge in [0.25, 0.3) is 11.8 Å². The number of amides is 3. The van der Waals surface area contributed by atoms with Crippen molar-refractivity contribution in [3.8, 4) is 11.4 Å². The zero-order valence-electron chi connectivity index (χ0n) is 29.7. The molecule has 6 rings (SSSR count). The number of rotatable bonds is 13. The minimum atomic E-state index is -0.736. The number of methoxy groups -OCH3 is 1. The van der Waals surface area contributed by atoms with Gasteiger partial charge >= 0.3 is 0 Å². The maximum absolute atomic E-state index is 14.8. The lowest BCUT2D eigenvalue weighted by Gasteiger charge is -2.38. The Morgan fingerprint density at radius 2 is 1.73 bits per heavy atom. The fourth-order valence-corrected chi connectivity index (χ4v) is 6.99. The van der Waals surface area contributed by atoms with Gasteiger partial charge in [-0.2, -0.15) is 5.10 Å². The maximum Gasteiger partial charge on any atom is 0.274 e. The molecule has 1 aliphatic heterocycles. The summed E-state index contributed by atoms with van der Waals surface area (Å²) < 4.78 is 20.9. The minimum absolute atomic E-state index is 0.0881. The Balaban J connectivity index is 1.36. The summed E-state index contributed by atoms with van der Waals surface area (Å²) >= 11 is 0. The van der Waals surface area contributed by atoms with Crippen LogP contribution >= 0.6 is 0 Å². The maximum atomic E-state index is 14.8. The number of aromatic nitrogens is 2. The summed E-state index contributed by atoms with van der Waals surface area (Å²) in [5.74, 6) is -1.34. The van der Waals surface area contributed by atoms with Crippen molar-refractivity contribution in [3.63, 3.8) is 0 Å². The normalized spacial score (nSPS) is 17.6. The van der Waals surface area contributed by atoms with Gasteiger partial charge in [0.15, 0.2) is 17.3 Å². The predicted molar refractivity (Wildman–Crippen MR) is 193 cm³/mol. The molecule has 1 fully saturated rings. The number of hydrogen-bond acceptors (Lipinski definition) is 6. The number of carbonyl (C=O) groups is 3. The third kappa shape index (κ3) is 7.39. The van der Waals surface area contributed by atoms with Crippen molar-refractivity contribution in [1.29, 1.82) is 0 Å². The van der Waals surface area contributed by atoms with Gasteiger partial charge in [0.2, 0.25) is 5.91 Å². The van der Waals surface area contributed by atoms with E-state index in [2.05, 4.69) is 19.2 Å². The van der Waals surface area contributed by atoms with E-state index in [4.69, 9.17) is 9.84 Å². The van der Waals surface area contributed by atoms with Crippen LogP contribution in [0, 0.1) is 12.7 Å². The van der Waals surface area contributed by atoms with Crippen molar-refractivity contribution in [2.45, 2.75) is 83.9 Å². The Kier molecular flexibility index (Phi) is 10.6. The van der Waals surface area contributed by atoms with Crippen LogP contribution in [0.2, 0.25) is 0 Å². The quantitative estimate of drug-likeness (QED) is 0.171. The van der Waals surface area contributed by atoms with E-state index in [9.17, 15) is 23.9 Å². The van der Waals surface area contributed by atoms with Crippen LogP contribution in [0.3, 0.4) is 0 Å². The first kappa shape index (κ1) is 35.8. The molecule has 1 aromatic heterocycles. The first-order valence-electron chi connectivity index (χ1n) is 17.8. The molecule has 2 heterocycles. The largest absolute Gasteiger partial charge is 0.494 e. The van der Waals surface area contributed by atoms with E-state index >= 15 is 0 Å².